The normalized spacial score (nSPS) is 14.7. The molecule has 0 heterocycles. The molecular formula is C22H33N3O4. The molecule has 0 atom stereocenters. The number of anilines is 1. The van der Waals surface area contributed by atoms with Crippen molar-refractivity contribution in [3.8, 4) is 0 Å². The fourth-order valence-electron chi connectivity index (χ4n) is 3.27. The molecule has 1 saturated carbocycles. The molecule has 1 fully saturated rings. The molecule has 1 aromatic carbocycles. The fourth-order valence-corrected chi connectivity index (χ4v) is 3.27. The average molecular weight is 404 g/mol. The summed E-state index contributed by atoms with van der Waals surface area (Å²) in [5.41, 5.74) is 1.02. The van der Waals surface area contributed by atoms with Crippen LogP contribution in [0.15, 0.2) is 24.3 Å². The first kappa shape index (κ1) is 22.7. The lowest BCUT2D eigenvalue weighted by Gasteiger charge is -2.20. The van der Waals surface area contributed by atoms with Gasteiger partial charge < -0.3 is 20.7 Å². The van der Waals surface area contributed by atoms with Gasteiger partial charge in [0.25, 0.3) is 0 Å². The molecule has 1 aliphatic rings. The summed E-state index contributed by atoms with van der Waals surface area (Å²) in [7, 11) is 0. The molecule has 0 unspecified atom stereocenters. The van der Waals surface area contributed by atoms with Crippen LogP contribution in [0, 0.1) is 5.92 Å². The number of carbonyl (C=O) groups is 3. The highest BCUT2D eigenvalue weighted by molar-refractivity contribution is 5.91. The number of hydrogen-bond donors (Lipinski definition) is 3. The number of rotatable bonds is 7. The van der Waals surface area contributed by atoms with Gasteiger partial charge in [-0.1, -0.05) is 31.4 Å². The monoisotopic (exact) mass is 403 g/mol. The molecule has 29 heavy (non-hydrogen) atoms. The van der Waals surface area contributed by atoms with E-state index in [1.807, 2.05) is 18.2 Å². The molecule has 0 spiro atoms. The first-order valence-electron chi connectivity index (χ1n) is 10.4. The number of carbonyl (C=O) groups excluding carboxylic acids is 3. The molecule has 2 rings (SSSR count). The predicted molar refractivity (Wildman–Crippen MR) is 112 cm³/mol. The fraction of sp³-hybridized carbons (Fsp3) is 0.591. The first-order valence-corrected chi connectivity index (χ1v) is 10.4. The largest absolute Gasteiger partial charge is 0.444 e. The molecular weight excluding hydrogens is 370 g/mol. The predicted octanol–water partition coefficient (Wildman–Crippen LogP) is 3.74. The highest BCUT2D eigenvalue weighted by Crippen LogP contribution is 2.23. The number of ether oxygens (including phenoxy) is 1. The van der Waals surface area contributed by atoms with E-state index in [1.54, 1.807) is 26.8 Å². The summed E-state index contributed by atoms with van der Waals surface area (Å²) in [4.78, 5) is 35.9. The van der Waals surface area contributed by atoms with Gasteiger partial charge in [0.1, 0.15) is 5.60 Å². The van der Waals surface area contributed by atoms with E-state index in [0.29, 0.717) is 12.2 Å². The van der Waals surface area contributed by atoms with E-state index in [4.69, 9.17) is 4.74 Å². The summed E-state index contributed by atoms with van der Waals surface area (Å²) in [6.07, 6.45) is 5.02. The van der Waals surface area contributed by atoms with Gasteiger partial charge in [0, 0.05) is 31.1 Å². The molecule has 7 heteroatoms. The standard InChI is InChI=1S/C22H33N3O4/c1-22(2,3)29-21(28)23-13-12-19(26)25-18-11-7-8-16(14-18)15-24-20(27)17-9-5-4-6-10-17/h7-8,11,14,17H,4-6,9-10,12-13,15H2,1-3H3,(H,23,28)(H,24,27)(H,25,26). The molecule has 3 N–H and O–H groups in total. The highest BCUT2D eigenvalue weighted by Gasteiger charge is 2.20. The summed E-state index contributed by atoms with van der Waals surface area (Å²) in [6, 6.07) is 7.41. The van der Waals surface area contributed by atoms with E-state index in [2.05, 4.69) is 16.0 Å². The van der Waals surface area contributed by atoms with Crippen LogP contribution in [0.3, 0.4) is 0 Å². The second kappa shape index (κ2) is 10.8. The van der Waals surface area contributed by atoms with Crippen LogP contribution in [-0.4, -0.2) is 30.1 Å². The van der Waals surface area contributed by atoms with Crippen LogP contribution in [0.2, 0.25) is 0 Å². The lowest BCUT2D eigenvalue weighted by molar-refractivity contribution is -0.126. The number of benzene rings is 1. The van der Waals surface area contributed by atoms with Crippen molar-refractivity contribution in [2.45, 2.75) is 71.4 Å². The SMILES string of the molecule is CC(C)(C)OC(=O)NCCC(=O)Nc1cccc(CNC(=O)C2CCCCC2)c1. The summed E-state index contributed by atoms with van der Waals surface area (Å²) < 4.78 is 5.13. The van der Waals surface area contributed by atoms with Crippen molar-refractivity contribution in [3.63, 3.8) is 0 Å². The Morgan fingerprint density at radius 1 is 1.07 bits per heavy atom. The Labute approximate surface area is 173 Å². The van der Waals surface area contributed by atoms with Crippen molar-refractivity contribution in [1.29, 1.82) is 0 Å². The minimum absolute atomic E-state index is 0.118. The minimum atomic E-state index is -0.570. The van der Waals surface area contributed by atoms with Crippen molar-refractivity contribution in [2.75, 3.05) is 11.9 Å². The van der Waals surface area contributed by atoms with Gasteiger partial charge in [-0.15, -0.1) is 0 Å². The second-order valence-corrected chi connectivity index (χ2v) is 8.48. The maximum absolute atomic E-state index is 12.3. The van der Waals surface area contributed by atoms with Gasteiger partial charge in [0.05, 0.1) is 0 Å². The lowest BCUT2D eigenvalue weighted by atomic mass is 9.88. The van der Waals surface area contributed by atoms with Crippen molar-refractivity contribution in [3.05, 3.63) is 29.8 Å². The summed E-state index contributed by atoms with van der Waals surface area (Å²) in [5, 5.41) is 8.37. The minimum Gasteiger partial charge on any atom is -0.444 e. The third-order valence-corrected chi connectivity index (χ3v) is 4.67. The maximum Gasteiger partial charge on any atom is 0.407 e. The van der Waals surface area contributed by atoms with Gasteiger partial charge in [-0.25, -0.2) is 4.79 Å². The zero-order chi connectivity index (χ0) is 21.3. The van der Waals surface area contributed by atoms with E-state index < -0.39 is 11.7 Å². The van der Waals surface area contributed by atoms with Gasteiger partial charge in [0.2, 0.25) is 11.8 Å². The van der Waals surface area contributed by atoms with E-state index in [0.717, 1.165) is 31.2 Å². The van der Waals surface area contributed by atoms with E-state index in [9.17, 15) is 14.4 Å². The molecule has 1 aromatic rings. The molecule has 7 nitrogen and oxygen atoms in total. The van der Waals surface area contributed by atoms with Crippen LogP contribution in [-0.2, 0) is 20.9 Å². The molecule has 0 aromatic heterocycles. The zero-order valence-electron chi connectivity index (χ0n) is 17.7. The first-order chi connectivity index (χ1) is 13.7. The number of hydrogen-bond acceptors (Lipinski definition) is 4. The van der Waals surface area contributed by atoms with Gasteiger partial charge in [-0.3, -0.25) is 9.59 Å². The van der Waals surface area contributed by atoms with Gasteiger partial charge in [-0.05, 0) is 51.3 Å². The van der Waals surface area contributed by atoms with Crippen LogP contribution < -0.4 is 16.0 Å². The lowest BCUT2D eigenvalue weighted by Crippen LogP contribution is -2.34. The maximum atomic E-state index is 12.3. The van der Waals surface area contributed by atoms with Crippen LogP contribution in [0.25, 0.3) is 0 Å². The van der Waals surface area contributed by atoms with Crippen LogP contribution >= 0.6 is 0 Å². The Hall–Kier alpha value is -2.57. The Kier molecular flexibility index (Phi) is 8.49. The third kappa shape index (κ3) is 8.98. The summed E-state index contributed by atoms with van der Waals surface area (Å²) >= 11 is 0. The molecule has 0 aliphatic heterocycles. The summed E-state index contributed by atoms with van der Waals surface area (Å²) in [6.45, 7) is 5.98. The molecule has 160 valence electrons. The number of amides is 3. The van der Waals surface area contributed by atoms with E-state index in [1.165, 1.54) is 6.42 Å². The van der Waals surface area contributed by atoms with E-state index >= 15 is 0 Å². The zero-order valence-corrected chi connectivity index (χ0v) is 17.7. The Balaban J connectivity index is 1.73. The summed E-state index contributed by atoms with van der Waals surface area (Å²) in [5.74, 6) is 0.0425. The molecule has 0 bridgehead atoms. The quantitative estimate of drug-likeness (QED) is 0.646. The smallest absolute Gasteiger partial charge is 0.407 e. The van der Waals surface area contributed by atoms with Crippen LogP contribution in [0.5, 0.6) is 0 Å². The average Bonchev–Trinajstić information content (AvgIpc) is 2.65. The Morgan fingerprint density at radius 2 is 1.79 bits per heavy atom. The third-order valence-electron chi connectivity index (χ3n) is 4.67. The second-order valence-electron chi connectivity index (χ2n) is 8.48. The Morgan fingerprint density at radius 3 is 2.48 bits per heavy atom. The van der Waals surface area contributed by atoms with Crippen molar-refractivity contribution < 1.29 is 19.1 Å². The van der Waals surface area contributed by atoms with Gasteiger partial charge >= 0.3 is 6.09 Å². The molecule has 0 saturated heterocycles. The Bertz CT molecular complexity index is 706. The molecule has 1 aliphatic carbocycles. The van der Waals surface area contributed by atoms with E-state index in [-0.39, 0.29) is 30.7 Å². The van der Waals surface area contributed by atoms with Crippen LogP contribution in [0.4, 0.5) is 10.5 Å². The van der Waals surface area contributed by atoms with Crippen molar-refractivity contribution >= 4 is 23.6 Å². The van der Waals surface area contributed by atoms with Gasteiger partial charge in [-0.2, -0.15) is 0 Å². The van der Waals surface area contributed by atoms with Crippen molar-refractivity contribution in [1.82, 2.24) is 10.6 Å². The highest BCUT2D eigenvalue weighted by atomic mass is 16.6. The number of alkyl carbamates (subject to hydrolysis) is 1. The molecule has 3 amide bonds. The molecule has 0 radical (unpaired) electrons. The number of nitrogens with one attached hydrogen (secondary N) is 3. The van der Waals surface area contributed by atoms with Gasteiger partial charge in [0.15, 0.2) is 0 Å². The topological polar surface area (TPSA) is 96.5 Å². The van der Waals surface area contributed by atoms with Crippen molar-refractivity contribution in [2.24, 2.45) is 5.92 Å². The van der Waals surface area contributed by atoms with Crippen LogP contribution in [0.1, 0.15) is 64.9 Å².